The Bertz CT molecular complexity index is 1060. The Labute approximate surface area is 261 Å². The van der Waals surface area contributed by atoms with Gasteiger partial charge in [-0.1, -0.05) is 71.9 Å². The summed E-state index contributed by atoms with van der Waals surface area (Å²) < 4.78 is 5.29. The van der Waals surface area contributed by atoms with Gasteiger partial charge in [0.05, 0.1) is 0 Å². The first-order chi connectivity index (χ1) is 20.6. The molecule has 0 heterocycles. The Kier molecular flexibility index (Phi) is 16.7. The average Bonchev–Trinajstić information content (AvgIpc) is 2.90. The summed E-state index contributed by atoms with van der Waals surface area (Å²) in [6, 6.07) is 6.19. The molecule has 0 radical (unpaired) electrons. The second kappa shape index (κ2) is 19.3. The van der Waals surface area contributed by atoms with Crippen LogP contribution in [0.2, 0.25) is 0 Å². The number of carbonyl (C=O) groups excluding carboxylic acids is 5. The number of benzene rings is 1. The molecule has 248 valence electrons. The van der Waals surface area contributed by atoms with Gasteiger partial charge in [-0.2, -0.15) is 0 Å². The minimum absolute atomic E-state index is 0.0597. The van der Waals surface area contributed by atoms with E-state index >= 15 is 0 Å². The number of nitrogens with one attached hydrogen (secondary N) is 7. The number of hydrogen-bond donors (Lipinski definition) is 7. The van der Waals surface area contributed by atoms with E-state index in [0.717, 1.165) is 5.56 Å². The molecule has 44 heavy (non-hydrogen) atoms. The molecular formula is C31H53N7O6. The lowest BCUT2D eigenvalue weighted by Gasteiger charge is -2.28. The lowest BCUT2D eigenvalue weighted by atomic mass is 10.0. The molecule has 4 atom stereocenters. The molecule has 0 saturated carbocycles. The first-order valence-corrected chi connectivity index (χ1v) is 15.3. The lowest BCUT2D eigenvalue weighted by Crippen LogP contribution is -2.60. The summed E-state index contributed by atoms with van der Waals surface area (Å²) in [7, 11) is 0. The molecule has 0 unspecified atom stereocenters. The van der Waals surface area contributed by atoms with Crippen LogP contribution in [-0.4, -0.2) is 60.4 Å². The van der Waals surface area contributed by atoms with Crippen molar-refractivity contribution in [1.29, 1.82) is 0 Å². The van der Waals surface area contributed by atoms with Gasteiger partial charge in [-0.25, -0.2) is 14.4 Å². The molecule has 0 spiro atoms. The van der Waals surface area contributed by atoms with Gasteiger partial charge in [-0.3, -0.25) is 9.59 Å². The van der Waals surface area contributed by atoms with Crippen LogP contribution in [0.15, 0.2) is 30.3 Å². The van der Waals surface area contributed by atoms with Crippen LogP contribution in [0.25, 0.3) is 0 Å². The van der Waals surface area contributed by atoms with E-state index in [1.165, 1.54) is 6.92 Å². The lowest BCUT2D eigenvalue weighted by molar-refractivity contribution is -0.125. The normalized spacial score (nSPS) is 13.8. The van der Waals surface area contributed by atoms with Crippen LogP contribution in [0.1, 0.15) is 80.7 Å². The highest BCUT2D eigenvalue weighted by Gasteiger charge is 2.28. The third-order valence-electron chi connectivity index (χ3n) is 6.27. The van der Waals surface area contributed by atoms with Crippen molar-refractivity contribution in [3.63, 3.8) is 0 Å². The number of carbonyl (C=O) groups is 5. The van der Waals surface area contributed by atoms with Gasteiger partial charge in [0, 0.05) is 6.04 Å². The van der Waals surface area contributed by atoms with Gasteiger partial charge in [0.15, 0.2) is 0 Å². The average molecular weight is 620 g/mol. The van der Waals surface area contributed by atoms with Crippen molar-refractivity contribution < 1.29 is 28.7 Å². The van der Waals surface area contributed by atoms with Crippen molar-refractivity contribution in [1.82, 2.24) is 37.2 Å². The Morgan fingerprint density at radius 2 is 1.23 bits per heavy atom. The van der Waals surface area contributed by atoms with Crippen molar-refractivity contribution >= 4 is 30.0 Å². The number of amides is 7. The summed E-state index contributed by atoms with van der Waals surface area (Å²) in [6.45, 7) is 16.6. The Hall–Kier alpha value is -4.03. The number of urea groups is 2. The van der Waals surface area contributed by atoms with E-state index in [9.17, 15) is 24.0 Å². The van der Waals surface area contributed by atoms with Gasteiger partial charge in [0.2, 0.25) is 11.8 Å². The molecule has 0 saturated heterocycles. The van der Waals surface area contributed by atoms with Crippen LogP contribution < -0.4 is 37.2 Å². The number of ether oxygens (including phenoxy) is 1. The predicted octanol–water partition coefficient (Wildman–Crippen LogP) is 3.31. The van der Waals surface area contributed by atoms with Gasteiger partial charge in [0.1, 0.15) is 31.0 Å². The second-order valence-corrected chi connectivity index (χ2v) is 12.4. The second-order valence-electron chi connectivity index (χ2n) is 12.4. The van der Waals surface area contributed by atoms with E-state index in [1.54, 1.807) is 0 Å². The fourth-order valence-electron chi connectivity index (χ4n) is 4.06. The van der Waals surface area contributed by atoms with Gasteiger partial charge in [0.25, 0.3) is 0 Å². The zero-order valence-electron chi connectivity index (χ0n) is 27.6. The zero-order valence-corrected chi connectivity index (χ0v) is 27.6. The van der Waals surface area contributed by atoms with Crippen LogP contribution in [0.5, 0.6) is 0 Å². The van der Waals surface area contributed by atoms with Crippen molar-refractivity contribution in [2.45, 2.75) is 112 Å². The molecule has 0 fully saturated rings. The highest BCUT2D eigenvalue weighted by molar-refractivity contribution is 5.88. The van der Waals surface area contributed by atoms with Gasteiger partial charge in [-0.15, -0.1) is 0 Å². The first kappa shape index (κ1) is 38.0. The molecule has 0 aliphatic rings. The largest absolute Gasteiger partial charge is 0.445 e. The Balaban J connectivity index is 2.77. The standard InChI is InChI=1S/C31H53N7O6/c1-18(2)15-24(34-31(43)44-17-23-13-11-10-12-14-23)28(40)37-26(20(5)6)38-30(42)33-22(9)27(39)35-25(16-19(3)4)36-29(41)32-21(7)8/h10-14,18-22,24-26H,15-17H2,1-9H3,(H,34,43)(H,35,39)(H,37,40)(H2,32,36,41)(H2,33,38,42)/t22-,24-,25-,26+/m0/s1. The Morgan fingerprint density at radius 1 is 0.636 bits per heavy atom. The van der Waals surface area contributed by atoms with Crippen molar-refractivity contribution in [3.05, 3.63) is 35.9 Å². The fourth-order valence-corrected chi connectivity index (χ4v) is 4.06. The van der Waals surface area contributed by atoms with E-state index in [1.807, 2.05) is 85.7 Å². The first-order valence-electron chi connectivity index (χ1n) is 15.3. The predicted molar refractivity (Wildman–Crippen MR) is 169 cm³/mol. The van der Waals surface area contributed by atoms with Crippen LogP contribution in [0.3, 0.4) is 0 Å². The maximum absolute atomic E-state index is 13.2. The van der Waals surface area contributed by atoms with E-state index in [-0.39, 0.29) is 30.4 Å². The molecular weight excluding hydrogens is 566 g/mol. The molecule has 1 aromatic rings. The van der Waals surface area contributed by atoms with Crippen LogP contribution in [-0.2, 0) is 20.9 Å². The van der Waals surface area contributed by atoms with E-state index in [4.69, 9.17) is 4.74 Å². The number of hydrogen-bond acceptors (Lipinski definition) is 6. The molecule has 13 nitrogen and oxygen atoms in total. The molecule has 1 aromatic carbocycles. The van der Waals surface area contributed by atoms with E-state index in [0.29, 0.717) is 12.8 Å². The number of rotatable bonds is 16. The summed E-state index contributed by atoms with van der Waals surface area (Å²) in [5.41, 5.74) is 0.814. The molecule has 0 aromatic heterocycles. The SMILES string of the molecule is CC(C)C[C@H](NC(=O)NC(C)C)NC(=O)[C@H](C)NC(=O)N[C@@H](NC(=O)[C@H](CC(C)C)NC(=O)OCc1ccccc1)C(C)C. The van der Waals surface area contributed by atoms with Crippen molar-refractivity contribution in [2.75, 3.05) is 0 Å². The van der Waals surface area contributed by atoms with Gasteiger partial charge in [-0.05, 0) is 56.9 Å². The minimum Gasteiger partial charge on any atom is -0.445 e. The third-order valence-corrected chi connectivity index (χ3v) is 6.27. The quantitative estimate of drug-likeness (QED) is 0.140. The molecule has 7 amide bonds. The third kappa shape index (κ3) is 16.0. The minimum atomic E-state index is -0.946. The summed E-state index contributed by atoms with van der Waals surface area (Å²) in [5, 5.41) is 18.9. The maximum atomic E-state index is 13.2. The number of alkyl carbamates (subject to hydrolysis) is 1. The molecule has 0 aliphatic heterocycles. The Morgan fingerprint density at radius 3 is 1.77 bits per heavy atom. The van der Waals surface area contributed by atoms with Gasteiger partial charge < -0.3 is 42.0 Å². The smallest absolute Gasteiger partial charge is 0.408 e. The van der Waals surface area contributed by atoms with Crippen LogP contribution >= 0.6 is 0 Å². The maximum Gasteiger partial charge on any atom is 0.408 e. The van der Waals surface area contributed by atoms with Crippen molar-refractivity contribution in [3.8, 4) is 0 Å². The summed E-state index contributed by atoms with van der Waals surface area (Å²) in [4.78, 5) is 63.6. The van der Waals surface area contributed by atoms with Crippen molar-refractivity contribution in [2.24, 2.45) is 17.8 Å². The summed E-state index contributed by atoms with van der Waals surface area (Å²) in [6.07, 6.45) is -1.33. The molecule has 13 heteroatoms. The van der Waals surface area contributed by atoms with E-state index in [2.05, 4.69) is 37.2 Å². The van der Waals surface area contributed by atoms with Crippen LogP contribution in [0, 0.1) is 17.8 Å². The topological polar surface area (TPSA) is 179 Å². The van der Waals surface area contributed by atoms with Crippen LogP contribution in [0.4, 0.5) is 14.4 Å². The highest BCUT2D eigenvalue weighted by Crippen LogP contribution is 2.09. The highest BCUT2D eigenvalue weighted by atomic mass is 16.5. The zero-order chi connectivity index (χ0) is 33.4. The van der Waals surface area contributed by atoms with E-state index < -0.39 is 54.4 Å². The molecule has 1 rings (SSSR count). The summed E-state index contributed by atoms with van der Waals surface area (Å²) >= 11 is 0. The molecule has 0 bridgehead atoms. The monoisotopic (exact) mass is 619 g/mol. The molecule has 7 N–H and O–H groups in total. The molecule has 0 aliphatic carbocycles. The fraction of sp³-hybridized carbons (Fsp3) is 0.645. The summed E-state index contributed by atoms with van der Waals surface area (Å²) in [5.74, 6) is -0.934. The van der Waals surface area contributed by atoms with Gasteiger partial charge >= 0.3 is 18.2 Å².